The molecule has 0 atom stereocenters. The van der Waals surface area contributed by atoms with Crippen LogP contribution in [0.4, 0.5) is 11.6 Å². The summed E-state index contributed by atoms with van der Waals surface area (Å²) in [6.45, 7) is 2.96. The number of hydrogen-bond acceptors (Lipinski definition) is 5. The van der Waals surface area contributed by atoms with Crippen molar-refractivity contribution in [2.45, 2.75) is 13.5 Å². The van der Waals surface area contributed by atoms with Crippen molar-refractivity contribution in [1.29, 1.82) is 0 Å². The van der Waals surface area contributed by atoms with Crippen LogP contribution in [-0.4, -0.2) is 22.5 Å². The Kier molecular flexibility index (Phi) is 5.77. The molecule has 0 radical (unpaired) electrons. The highest BCUT2D eigenvalue weighted by molar-refractivity contribution is 5.93. The van der Waals surface area contributed by atoms with Gasteiger partial charge in [-0.25, -0.2) is 9.97 Å². The van der Waals surface area contributed by atoms with Gasteiger partial charge in [-0.3, -0.25) is 4.79 Å². The third-order valence-electron chi connectivity index (χ3n) is 3.64. The molecule has 1 amide bonds. The molecule has 132 valence electrons. The summed E-state index contributed by atoms with van der Waals surface area (Å²) in [5, 5.41) is 5.95. The molecule has 0 aliphatic heterocycles. The van der Waals surface area contributed by atoms with E-state index in [2.05, 4.69) is 20.6 Å². The molecule has 26 heavy (non-hydrogen) atoms. The van der Waals surface area contributed by atoms with E-state index in [4.69, 9.17) is 4.74 Å². The lowest BCUT2D eigenvalue weighted by atomic mass is 10.2. The summed E-state index contributed by atoms with van der Waals surface area (Å²) in [6.07, 6.45) is 3.00. The first-order valence-electron chi connectivity index (χ1n) is 8.39. The number of carbonyl (C=O) groups is 1. The van der Waals surface area contributed by atoms with Gasteiger partial charge in [0, 0.05) is 18.9 Å². The van der Waals surface area contributed by atoms with Crippen LogP contribution in [0.15, 0.2) is 67.0 Å². The Morgan fingerprint density at radius 3 is 2.42 bits per heavy atom. The lowest BCUT2D eigenvalue weighted by Crippen LogP contribution is -2.23. The number of rotatable bonds is 7. The molecule has 6 heteroatoms. The van der Waals surface area contributed by atoms with Crippen LogP contribution in [0.5, 0.6) is 5.75 Å². The minimum Gasteiger partial charge on any atom is -0.492 e. The Labute approximate surface area is 152 Å². The van der Waals surface area contributed by atoms with E-state index in [1.807, 2.05) is 61.5 Å². The largest absolute Gasteiger partial charge is 0.492 e. The summed E-state index contributed by atoms with van der Waals surface area (Å²) in [7, 11) is 0. The third kappa shape index (κ3) is 4.57. The molecule has 0 spiro atoms. The highest BCUT2D eigenvalue weighted by atomic mass is 16.5. The lowest BCUT2D eigenvalue weighted by molar-refractivity contribution is 0.0950. The lowest BCUT2D eigenvalue weighted by Gasteiger charge is -2.11. The Morgan fingerprint density at radius 2 is 1.69 bits per heavy atom. The quantitative estimate of drug-likeness (QED) is 0.683. The average Bonchev–Trinajstić information content (AvgIpc) is 2.69. The van der Waals surface area contributed by atoms with Crippen molar-refractivity contribution in [3.63, 3.8) is 0 Å². The molecule has 0 aliphatic carbocycles. The van der Waals surface area contributed by atoms with Crippen molar-refractivity contribution >= 4 is 17.5 Å². The maximum atomic E-state index is 12.2. The zero-order chi connectivity index (χ0) is 18.2. The van der Waals surface area contributed by atoms with Crippen molar-refractivity contribution < 1.29 is 9.53 Å². The SMILES string of the molecule is CCOc1ccccc1Nc1ncc(C(=O)NCc2ccccc2)cn1. The van der Waals surface area contributed by atoms with E-state index in [1.54, 1.807) is 0 Å². The molecule has 1 heterocycles. The van der Waals surface area contributed by atoms with E-state index in [9.17, 15) is 4.79 Å². The molecule has 0 saturated heterocycles. The first-order valence-corrected chi connectivity index (χ1v) is 8.39. The Bertz CT molecular complexity index is 851. The van der Waals surface area contributed by atoms with Gasteiger partial charge >= 0.3 is 0 Å². The Balaban J connectivity index is 1.62. The second kappa shape index (κ2) is 8.62. The van der Waals surface area contributed by atoms with Gasteiger partial charge in [0.1, 0.15) is 5.75 Å². The standard InChI is InChI=1S/C20H20N4O2/c1-2-26-18-11-7-6-10-17(18)24-20-22-13-16(14-23-20)19(25)21-12-15-8-4-3-5-9-15/h3-11,13-14H,2,12H2,1H3,(H,21,25)(H,22,23,24). The fourth-order valence-corrected chi connectivity index (χ4v) is 2.36. The van der Waals surface area contributed by atoms with Crippen LogP contribution in [0.1, 0.15) is 22.8 Å². The molecule has 0 saturated carbocycles. The molecule has 0 bridgehead atoms. The van der Waals surface area contributed by atoms with Crippen molar-refractivity contribution in [1.82, 2.24) is 15.3 Å². The number of amides is 1. The molecule has 6 nitrogen and oxygen atoms in total. The predicted molar refractivity (Wildman–Crippen MR) is 101 cm³/mol. The fourth-order valence-electron chi connectivity index (χ4n) is 2.36. The molecule has 2 aromatic carbocycles. The minimum absolute atomic E-state index is 0.213. The normalized spacial score (nSPS) is 10.2. The van der Waals surface area contributed by atoms with Gasteiger partial charge in [0.15, 0.2) is 0 Å². The topological polar surface area (TPSA) is 76.1 Å². The number of aromatic nitrogens is 2. The molecule has 1 aromatic heterocycles. The maximum absolute atomic E-state index is 12.2. The zero-order valence-corrected chi connectivity index (χ0v) is 14.5. The molecule has 2 N–H and O–H groups in total. The van der Waals surface area contributed by atoms with E-state index >= 15 is 0 Å². The van der Waals surface area contributed by atoms with Gasteiger partial charge in [0.2, 0.25) is 5.95 Å². The molecular formula is C20H20N4O2. The number of hydrogen-bond donors (Lipinski definition) is 2. The van der Waals surface area contributed by atoms with Crippen LogP contribution in [-0.2, 0) is 6.54 Å². The number of para-hydroxylation sites is 2. The number of anilines is 2. The Morgan fingerprint density at radius 1 is 1.00 bits per heavy atom. The van der Waals surface area contributed by atoms with E-state index in [1.165, 1.54) is 12.4 Å². The number of benzene rings is 2. The monoisotopic (exact) mass is 348 g/mol. The molecule has 3 aromatic rings. The highest BCUT2D eigenvalue weighted by Gasteiger charge is 2.08. The second-order valence-corrected chi connectivity index (χ2v) is 5.52. The van der Waals surface area contributed by atoms with Crippen molar-refractivity contribution in [2.75, 3.05) is 11.9 Å². The molecule has 3 rings (SSSR count). The number of nitrogens with one attached hydrogen (secondary N) is 2. The van der Waals surface area contributed by atoms with Gasteiger partial charge in [-0.2, -0.15) is 0 Å². The van der Waals surface area contributed by atoms with Crippen LogP contribution >= 0.6 is 0 Å². The van der Waals surface area contributed by atoms with E-state index in [0.29, 0.717) is 24.7 Å². The van der Waals surface area contributed by atoms with Gasteiger partial charge in [0.25, 0.3) is 5.91 Å². The van der Waals surface area contributed by atoms with Crippen LogP contribution in [0, 0.1) is 0 Å². The smallest absolute Gasteiger partial charge is 0.254 e. The first-order chi connectivity index (χ1) is 12.8. The van der Waals surface area contributed by atoms with Crippen LogP contribution < -0.4 is 15.4 Å². The van der Waals surface area contributed by atoms with Gasteiger partial charge in [-0.15, -0.1) is 0 Å². The summed E-state index contributed by atoms with van der Waals surface area (Å²) in [4.78, 5) is 20.6. The molecule has 0 aliphatic rings. The zero-order valence-electron chi connectivity index (χ0n) is 14.5. The average molecular weight is 348 g/mol. The number of ether oxygens (including phenoxy) is 1. The summed E-state index contributed by atoms with van der Waals surface area (Å²) in [5.74, 6) is 0.912. The molecule has 0 unspecified atom stereocenters. The van der Waals surface area contributed by atoms with Crippen LogP contribution in [0.3, 0.4) is 0 Å². The Hall–Kier alpha value is -3.41. The predicted octanol–water partition coefficient (Wildman–Crippen LogP) is 3.55. The summed E-state index contributed by atoms with van der Waals surface area (Å²) >= 11 is 0. The van der Waals surface area contributed by atoms with Crippen LogP contribution in [0.25, 0.3) is 0 Å². The van der Waals surface area contributed by atoms with Crippen LogP contribution in [0.2, 0.25) is 0 Å². The van der Waals surface area contributed by atoms with E-state index in [0.717, 1.165) is 17.0 Å². The van der Waals surface area contributed by atoms with Crippen molar-refractivity contribution in [3.05, 3.63) is 78.1 Å². The van der Waals surface area contributed by atoms with Gasteiger partial charge in [-0.05, 0) is 24.6 Å². The summed E-state index contributed by atoms with van der Waals surface area (Å²) < 4.78 is 5.56. The summed E-state index contributed by atoms with van der Waals surface area (Å²) in [6, 6.07) is 17.3. The van der Waals surface area contributed by atoms with Gasteiger partial charge in [0.05, 0.1) is 17.9 Å². The van der Waals surface area contributed by atoms with E-state index in [-0.39, 0.29) is 5.91 Å². The molecule has 0 fully saturated rings. The van der Waals surface area contributed by atoms with Gasteiger partial charge in [-0.1, -0.05) is 42.5 Å². The first kappa shape index (κ1) is 17.4. The van der Waals surface area contributed by atoms with E-state index < -0.39 is 0 Å². The maximum Gasteiger partial charge on any atom is 0.254 e. The third-order valence-corrected chi connectivity index (χ3v) is 3.64. The minimum atomic E-state index is -0.213. The van der Waals surface area contributed by atoms with Crippen molar-refractivity contribution in [2.24, 2.45) is 0 Å². The second-order valence-electron chi connectivity index (χ2n) is 5.52. The summed E-state index contributed by atoms with van der Waals surface area (Å²) in [5.41, 5.74) is 2.22. The van der Waals surface area contributed by atoms with Gasteiger partial charge < -0.3 is 15.4 Å². The highest BCUT2D eigenvalue weighted by Crippen LogP contribution is 2.25. The number of carbonyl (C=O) groups excluding carboxylic acids is 1. The molecular weight excluding hydrogens is 328 g/mol. The fraction of sp³-hybridized carbons (Fsp3) is 0.150. The van der Waals surface area contributed by atoms with Crippen molar-refractivity contribution in [3.8, 4) is 5.75 Å². The number of nitrogens with zero attached hydrogens (tertiary/aromatic N) is 2.